The Morgan fingerprint density at radius 2 is 1.89 bits per heavy atom. The molecule has 0 spiro atoms. The fourth-order valence-electron chi connectivity index (χ4n) is 3.92. The minimum absolute atomic E-state index is 0.205. The van der Waals surface area contributed by atoms with Gasteiger partial charge in [-0.1, -0.05) is 30.5 Å². The molecule has 148 valence electrons. The van der Waals surface area contributed by atoms with E-state index >= 15 is 0 Å². The molecule has 1 aliphatic carbocycles. The second-order valence-electron chi connectivity index (χ2n) is 7.29. The Kier molecular flexibility index (Phi) is 5.21. The first-order valence-corrected chi connectivity index (χ1v) is 9.42. The highest BCUT2D eigenvalue weighted by molar-refractivity contribution is 5.34. The van der Waals surface area contributed by atoms with E-state index in [1.54, 1.807) is 13.2 Å². The summed E-state index contributed by atoms with van der Waals surface area (Å²) in [5.41, 5.74) is 0.164. The summed E-state index contributed by atoms with van der Waals surface area (Å²) in [6.45, 7) is 0.551. The van der Waals surface area contributed by atoms with E-state index in [9.17, 15) is 8.78 Å². The van der Waals surface area contributed by atoms with Crippen LogP contribution in [0.3, 0.4) is 0 Å². The van der Waals surface area contributed by atoms with Crippen molar-refractivity contribution in [2.24, 2.45) is 0 Å². The number of hydrogen-bond donors (Lipinski definition) is 0. The molecule has 28 heavy (non-hydrogen) atoms. The SMILES string of the molecule is COCC1(c2nc(Cc3ccn(-c4c(F)cccc4F)n3)no2)CCCCC1. The Morgan fingerprint density at radius 3 is 2.61 bits per heavy atom. The zero-order valence-corrected chi connectivity index (χ0v) is 15.7. The van der Waals surface area contributed by atoms with Gasteiger partial charge in [-0.3, -0.25) is 0 Å². The van der Waals surface area contributed by atoms with Crippen LogP contribution in [0.25, 0.3) is 5.69 Å². The molecule has 3 aromatic rings. The van der Waals surface area contributed by atoms with Crippen molar-refractivity contribution in [1.29, 1.82) is 0 Å². The fourth-order valence-corrected chi connectivity index (χ4v) is 3.92. The predicted molar refractivity (Wildman–Crippen MR) is 97.2 cm³/mol. The predicted octanol–water partition coefficient (Wildman–Crippen LogP) is 3.97. The summed E-state index contributed by atoms with van der Waals surface area (Å²) in [5, 5.41) is 8.36. The molecule has 1 saturated carbocycles. The molecule has 2 heterocycles. The van der Waals surface area contributed by atoms with Gasteiger partial charge in [0.1, 0.15) is 5.69 Å². The van der Waals surface area contributed by atoms with E-state index in [1.807, 2.05) is 0 Å². The van der Waals surface area contributed by atoms with Gasteiger partial charge in [-0.2, -0.15) is 10.1 Å². The van der Waals surface area contributed by atoms with Gasteiger partial charge < -0.3 is 9.26 Å². The third kappa shape index (κ3) is 3.56. The van der Waals surface area contributed by atoms with Gasteiger partial charge >= 0.3 is 0 Å². The largest absolute Gasteiger partial charge is 0.384 e. The summed E-state index contributed by atoms with van der Waals surface area (Å²) in [6, 6.07) is 5.41. The molecule has 1 aliphatic rings. The number of nitrogens with zero attached hydrogens (tertiary/aromatic N) is 4. The van der Waals surface area contributed by atoms with Crippen molar-refractivity contribution in [3.8, 4) is 5.69 Å². The van der Waals surface area contributed by atoms with E-state index in [0.29, 0.717) is 30.4 Å². The molecular weight excluding hydrogens is 366 g/mol. The average molecular weight is 388 g/mol. The van der Waals surface area contributed by atoms with Gasteiger partial charge in [0.05, 0.1) is 24.1 Å². The number of rotatable bonds is 6. The lowest BCUT2D eigenvalue weighted by Gasteiger charge is -2.32. The number of para-hydroxylation sites is 1. The van der Waals surface area contributed by atoms with E-state index in [0.717, 1.165) is 25.7 Å². The molecule has 0 bridgehead atoms. The fraction of sp³-hybridized carbons (Fsp3) is 0.450. The molecule has 4 rings (SSSR count). The Balaban J connectivity index is 1.54. The Morgan fingerprint density at radius 1 is 1.14 bits per heavy atom. The third-order valence-corrected chi connectivity index (χ3v) is 5.30. The topological polar surface area (TPSA) is 66.0 Å². The van der Waals surface area contributed by atoms with Crippen LogP contribution >= 0.6 is 0 Å². The lowest BCUT2D eigenvalue weighted by Crippen LogP contribution is -2.34. The lowest BCUT2D eigenvalue weighted by molar-refractivity contribution is 0.0804. The standard InChI is InChI=1S/C20H22F2N4O2/c1-27-13-20(9-3-2-4-10-20)19-23-17(25-28-19)12-14-8-11-26(24-14)18-15(21)6-5-7-16(18)22/h5-8,11H,2-4,9-10,12-13H2,1H3. The van der Waals surface area contributed by atoms with Crippen molar-refractivity contribution in [2.75, 3.05) is 13.7 Å². The molecular formula is C20H22F2N4O2. The van der Waals surface area contributed by atoms with E-state index < -0.39 is 11.6 Å². The first-order valence-electron chi connectivity index (χ1n) is 9.42. The van der Waals surface area contributed by atoms with Crippen LogP contribution in [0.2, 0.25) is 0 Å². The van der Waals surface area contributed by atoms with Gasteiger partial charge in [0.15, 0.2) is 17.5 Å². The van der Waals surface area contributed by atoms with Crippen LogP contribution in [0.4, 0.5) is 8.78 Å². The first kappa shape index (κ1) is 18.7. The van der Waals surface area contributed by atoms with Crippen molar-refractivity contribution in [3.05, 3.63) is 59.5 Å². The Labute approximate surface area is 161 Å². The van der Waals surface area contributed by atoms with Gasteiger partial charge in [0.25, 0.3) is 0 Å². The minimum Gasteiger partial charge on any atom is -0.384 e. The smallest absolute Gasteiger partial charge is 0.235 e. The number of ether oxygens (including phenoxy) is 1. The summed E-state index contributed by atoms with van der Waals surface area (Å²) < 4.78 is 40.1. The summed E-state index contributed by atoms with van der Waals surface area (Å²) in [5.74, 6) is -0.246. The molecule has 6 nitrogen and oxygen atoms in total. The van der Waals surface area contributed by atoms with E-state index in [4.69, 9.17) is 9.26 Å². The molecule has 8 heteroatoms. The van der Waals surface area contributed by atoms with Gasteiger partial charge in [-0.25, -0.2) is 13.5 Å². The average Bonchev–Trinajstić information content (AvgIpc) is 3.33. The quantitative estimate of drug-likeness (QED) is 0.639. The number of aromatic nitrogens is 4. The number of methoxy groups -OCH3 is 1. The van der Waals surface area contributed by atoms with E-state index in [2.05, 4.69) is 15.2 Å². The number of benzene rings is 1. The lowest BCUT2D eigenvalue weighted by atomic mass is 9.74. The van der Waals surface area contributed by atoms with Crippen molar-refractivity contribution in [1.82, 2.24) is 19.9 Å². The summed E-state index contributed by atoms with van der Waals surface area (Å²) in [7, 11) is 1.68. The van der Waals surface area contributed by atoms with Crippen molar-refractivity contribution >= 4 is 0 Å². The molecule has 0 atom stereocenters. The Hall–Kier alpha value is -2.61. The highest BCUT2D eigenvalue weighted by Gasteiger charge is 2.39. The maximum Gasteiger partial charge on any atom is 0.235 e. The molecule has 0 aliphatic heterocycles. The second-order valence-corrected chi connectivity index (χ2v) is 7.29. The Bertz CT molecular complexity index is 922. The molecule has 0 radical (unpaired) electrons. The maximum atomic E-state index is 13.9. The van der Waals surface area contributed by atoms with Gasteiger partial charge in [0.2, 0.25) is 5.89 Å². The zero-order chi connectivity index (χ0) is 19.6. The van der Waals surface area contributed by atoms with Gasteiger partial charge in [0, 0.05) is 13.3 Å². The van der Waals surface area contributed by atoms with E-state index in [1.165, 1.54) is 35.5 Å². The second kappa shape index (κ2) is 7.79. The molecule has 0 N–H and O–H groups in total. The van der Waals surface area contributed by atoms with Crippen LogP contribution in [-0.4, -0.2) is 33.6 Å². The third-order valence-electron chi connectivity index (χ3n) is 5.30. The van der Waals surface area contributed by atoms with Crippen LogP contribution in [-0.2, 0) is 16.6 Å². The highest BCUT2D eigenvalue weighted by atomic mass is 19.1. The first-order chi connectivity index (χ1) is 13.6. The van der Waals surface area contributed by atoms with Crippen molar-refractivity contribution in [3.63, 3.8) is 0 Å². The van der Waals surface area contributed by atoms with Gasteiger partial charge in [-0.05, 0) is 31.0 Å². The van der Waals surface area contributed by atoms with E-state index in [-0.39, 0.29) is 11.1 Å². The van der Waals surface area contributed by atoms with Crippen LogP contribution < -0.4 is 0 Å². The maximum absolute atomic E-state index is 13.9. The molecule has 0 saturated heterocycles. The van der Waals surface area contributed by atoms with Crippen LogP contribution in [0, 0.1) is 11.6 Å². The van der Waals surface area contributed by atoms with Crippen molar-refractivity contribution < 1.29 is 18.0 Å². The normalized spacial score (nSPS) is 16.4. The molecule has 0 unspecified atom stereocenters. The zero-order valence-electron chi connectivity index (χ0n) is 15.7. The summed E-state index contributed by atoms with van der Waals surface area (Å²) in [6.07, 6.45) is 7.18. The molecule has 0 amide bonds. The van der Waals surface area contributed by atoms with Crippen LogP contribution in [0.1, 0.15) is 49.5 Å². The highest BCUT2D eigenvalue weighted by Crippen LogP contribution is 2.38. The molecule has 1 aromatic carbocycles. The summed E-state index contributed by atoms with van der Waals surface area (Å²) in [4.78, 5) is 4.58. The minimum atomic E-state index is -0.671. The van der Waals surface area contributed by atoms with Crippen molar-refractivity contribution in [2.45, 2.75) is 43.9 Å². The summed E-state index contributed by atoms with van der Waals surface area (Å²) >= 11 is 0. The number of halogens is 2. The molecule has 1 fully saturated rings. The van der Waals surface area contributed by atoms with Crippen LogP contribution in [0.15, 0.2) is 35.0 Å². The number of hydrogen-bond acceptors (Lipinski definition) is 5. The monoisotopic (exact) mass is 388 g/mol. The molecule has 2 aromatic heterocycles. The van der Waals surface area contributed by atoms with Crippen LogP contribution in [0.5, 0.6) is 0 Å². The van der Waals surface area contributed by atoms with Gasteiger partial charge in [-0.15, -0.1) is 0 Å².